The van der Waals surface area contributed by atoms with E-state index in [9.17, 15) is 0 Å². The topological polar surface area (TPSA) is 4.93 Å². The van der Waals surface area contributed by atoms with E-state index in [-0.39, 0.29) is 0 Å². The van der Waals surface area contributed by atoms with Crippen molar-refractivity contribution in [3.63, 3.8) is 0 Å². The molecule has 0 N–H and O–H groups in total. The zero-order valence-electron chi connectivity index (χ0n) is 24.9. The molecule has 2 heterocycles. The molecule has 0 unspecified atom stereocenters. The molecule has 1 nitrogen and oxygen atoms in total. The van der Waals surface area contributed by atoms with Gasteiger partial charge in [-0.3, -0.25) is 0 Å². The molecule has 1 aromatic heterocycles. The van der Waals surface area contributed by atoms with Crippen molar-refractivity contribution in [1.82, 2.24) is 4.57 Å². The van der Waals surface area contributed by atoms with Crippen molar-refractivity contribution in [2.24, 2.45) is 0 Å². The third kappa shape index (κ3) is 3.77. The number of nitrogens with zero attached hydrogens (tertiary/aromatic N) is 1. The summed E-state index contributed by atoms with van der Waals surface area (Å²) in [5.74, 6) is 0. The van der Waals surface area contributed by atoms with Crippen molar-refractivity contribution < 1.29 is 0 Å². The van der Waals surface area contributed by atoms with Crippen LogP contribution in [0.1, 0.15) is 0 Å². The lowest BCUT2D eigenvalue weighted by molar-refractivity contribution is 1.18. The van der Waals surface area contributed by atoms with E-state index in [4.69, 9.17) is 0 Å². The molecule has 9 aromatic rings. The highest BCUT2D eigenvalue weighted by atomic mass is 32.2. The van der Waals surface area contributed by atoms with Gasteiger partial charge in [-0.15, -0.1) is 0 Å². The summed E-state index contributed by atoms with van der Waals surface area (Å²) in [5.41, 5.74) is 11.2. The first-order chi connectivity index (χ1) is 22.8. The van der Waals surface area contributed by atoms with E-state index < -0.39 is 0 Å². The predicted molar refractivity (Wildman–Crippen MR) is 196 cm³/mol. The second-order valence-corrected chi connectivity index (χ2v) is 13.2. The first-order valence-corrected chi connectivity index (χ1v) is 16.6. The minimum Gasteiger partial charge on any atom is -0.309 e. The third-order valence-electron chi connectivity index (χ3n) is 9.55. The molecular weight excluding hydrogens is 575 g/mol. The third-order valence-corrected chi connectivity index (χ3v) is 10.7. The van der Waals surface area contributed by atoms with Crippen LogP contribution in [0.4, 0.5) is 0 Å². The van der Waals surface area contributed by atoms with Gasteiger partial charge in [-0.1, -0.05) is 133 Å². The molecule has 0 bridgehead atoms. The number of fused-ring (bicyclic) bond motifs is 6. The first-order valence-electron chi connectivity index (χ1n) is 15.8. The van der Waals surface area contributed by atoms with Gasteiger partial charge < -0.3 is 4.57 Å². The molecule has 0 saturated heterocycles. The van der Waals surface area contributed by atoms with E-state index in [0.29, 0.717) is 0 Å². The summed E-state index contributed by atoms with van der Waals surface area (Å²) in [7, 11) is 0. The van der Waals surface area contributed by atoms with Crippen LogP contribution >= 0.6 is 11.8 Å². The Balaban J connectivity index is 1.22. The SMILES string of the molecule is c1ccc(-n2c3cc4ccccc4cc3c3cccc(-c4cccc(-c5ccc6c7c(cccc57)-c5ccccc5S6)c4)c32)cc1. The minimum atomic E-state index is 1.17. The van der Waals surface area contributed by atoms with E-state index in [0.717, 1.165) is 0 Å². The van der Waals surface area contributed by atoms with Gasteiger partial charge in [-0.05, 0) is 86.4 Å². The van der Waals surface area contributed by atoms with E-state index in [1.165, 1.54) is 92.2 Å². The molecule has 0 atom stereocenters. The monoisotopic (exact) mass is 601 g/mol. The van der Waals surface area contributed by atoms with E-state index in [2.05, 4.69) is 168 Å². The predicted octanol–water partition coefficient (Wildman–Crippen LogP) is 12.6. The molecule has 2 heteroatoms. The maximum Gasteiger partial charge on any atom is 0.0619 e. The average Bonchev–Trinajstić information content (AvgIpc) is 3.44. The number of benzene rings is 8. The summed E-state index contributed by atoms with van der Waals surface area (Å²) in [4.78, 5) is 2.65. The smallest absolute Gasteiger partial charge is 0.0619 e. The molecule has 0 amide bonds. The van der Waals surface area contributed by atoms with E-state index >= 15 is 0 Å². The Morgan fingerprint density at radius 1 is 0.391 bits per heavy atom. The van der Waals surface area contributed by atoms with Gasteiger partial charge in [-0.2, -0.15) is 0 Å². The molecular formula is C44H27NS. The molecule has 0 radical (unpaired) electrons. The molecule has 1 aliphatic rings. The molecule has 0 saturated carbocycles. The zero-order chi connectivity index (χ0) is 30.2. The Hall–Kier alpha value is -5.57. The lowest BCUT2D eigenvalue weighted by atomic mass is 9.91. The highest BCUT2D eigenvalue weighted by molar-refractivity contribution is 7.99. The summed E-state index contributed by atoms with van der Waals surface area (Å²) < 4.78 is 2.45. The molecule has 0 spiro atoms. The molecule has 1 aliphatic heterocycles. The Morgan fingerprint density at radius 3 is 1.93 bits per heavy atom. The van der Waals surface area contributed by atoms with Crippen LogP contribution in [0.3, 0.4) is 0 Å². The van der Waals surface area contributed by atoms with Crippen LogP contribution < -0.4 is 0 Å². The fourth-order valence-electron chi connectivity index (χ4n) is 7.52. The summed E-state index contributed by atoms with van der Waals surface area (Å²) >= 11 is 1.88. The maximum absolute atomic E-state index is 2.45. The van der Waals surface area contributed by atoms with Crippen LogP contribution in [0.25, 0.3) is 82.4 Å². The van der Waals surface area contributed by atoms with Crippen molar-refractivity contribution in [1.29, 1.82) is 0 Å². The summed E-state index contributed by atoms with van der Waals surface area (Å²) in [6, 6.07) is 60.2. The Morgan fingerprint density at radius 2 is 1.07 bits per heavy atom. The van der Waals surface area contributed by atoms with Crippen LogP contribution in [0.2, 0.25) is 0 Å². The zero-order valence-corrected chi connectivity index (χ0v) is 25.8. The number of aromatic nitrogens is 1. The van der Waals surface area contributed by atoms with Crippen LogP contribution in [0, 0.1) is 0 Å². The van der Waals surface area contributed by atoms with Gasteiger partial charge in [-0.25, -0.2) is 0 Å². The second kappa shape index (κ2) is 9.97. The Labute approximate surface area is 271 Å². The van der Waals surface area contributed by atoms with E-state index in [1.807, 2.05) is 11.8 Å². The average molecular weight is 602 g/mol. The fourth-order valence-corrected chi connectivity index (χ4v) is 8.65. The quantitative estimate of drug-likeness (QED) is 0.195. The van der Waals surface area contributed by atoms with Crippen molar-refractivity contribution in [2.75, 3.05) is 0 Å². The molecule has 214 valence electrons. The summed E-state index contributed by atoms with van der Waals surface area (Å²) in [6.45, 7) is 0. The van der Waals surface area contributed by atoms with Crippen molar-refractivity contribution in [3.05, 3.63) is 164 Å². The molecule has 0 fully saturated rings. The summed E-state index contributed by atoms with van der Waals surface area (Å²) in [6.07, 6.45) is 0. The van der Waals surface area contributed by atoms with Crippen LogP contribution in [-0.4, -0.2) is 4.57 Å². The van der Waals surface area contributed by atoms with E-state index in [1.54, 1.807) is 0 Å². The number of hydrogen-bond acceptors (Lipinski definition) is 1. The first kappa shape index (κ1) is 25.7. The minimum absolute atomic E-state index is 1.17. The molecule has 10 rings (SSSR count). The van der Waals surface area contributed by atoms with Crippen LogP contribution in [0.15, 0.2) is 174 Å². The van der Waals surface area contributed by atoms with Crippen molar-refractivity contribution in [2.45, 2.75) is 9.79 Å². The highest BCUT2D eigenvalue weighted by Gasteiger charge is 2.21. The fraction of sp³-hybridized carbons (Fsp3) is 0. The Bertz CT molecular complexity index is 2660. The van der Waals surface area contributed by atoms with Gasteiger partial charge >= 0.3 is 0 Å². The van der Waals surface area contributed by atoms with Gasteiger partial charge in [0, 0.05) is 37.2 Å². The highest BCUT2D eigenvalue weighted by Crippen LogP contribution is 2.50. The van der Waals surface area contributed by atoms with Gasteiger partial charge in [0.1, 0.15) is 0 Å². The summed E-state index contributed by atoms with van der Waals surface area (Å²) in [5, 5.41) is 7.71. The maximum atomic E-state index is 2.45. The number of hydrogen-bond donors (Lipinski definition) is 0. The lowest BCUT2D eigenvalue weighted by Gasteiger charge is -2.21. The van der Waals surface area contributed by atoms with Crippen molar-refractivity contribution in [3.8, 4) is 39.1 Å². The number of para-hydroxylation sites is 2. The number of rotatable bonds is 3. The van der Waals surface area contributed by atoms with Crippen LogP contribution in [-0.2, 0) is 0 Å². The van der Waals surface area contributed by atoms with Gasteiger partial charge in [0.15, 0.2) is 0 Å². The molecule has 8 aromatic carbocycles. The van der Waals surface area contributed by atoms with Crippen molar-refractivity contribution >= 4 is 55.1 Å². The molecule has 46 heavy (non-hydrogen) atoms. The second-order valence-electron chi connectivity index (χ2n) is 12.1. The Kier molecular flexibility index (Phi) is 5.58. The van der Waals surface area contributed by atoms with Crippen LogP contribution in [0.5, 0.6) is 0 Å². The van der Waals surface area contributed by atoms with Gasteiger partial charge in [0.2, 0.25) is 0 Å². The van der Waals surface area contributed by atoms with Gasteiger partial charge in [0.25, 0.3) is 0 Å². The molecule has 0 aliphatic carbocycles. The lowest BCUT2D eigenvalue weighted by Crippen LogP contribution is -1.95. The normalized spacial score (nSPS) is 12.3. The standard InChI is InChI=1S/C44H27NS/c1-2-15-32(16-3-1)45-40-27-29-12-5-4-11-28(29)26-39(40)38-21-9-18-34(44(38)45)31-14-8-13-30(25-31)33-23-24-42-43-36(33)19-10-20-37(43)35-17-6-7-22-41(35)46-42/h1-27H. The van der Waals surface area contributed by atoms with Gasteiger partial charge in [0.05, 0.1) is 11.0 Å². The largest absolute Gasteiger partial charge is 0.309 e.